The first kappa shape index (κ1) is 12.0. The van der Waals surface area contributed by atoms with Crippen LogP contribution in [0.3, 0.4) is 0 Å². The SMILES string of the molecule is O=[N+]([O-])c1ccc(-c2noc(C(F)(F)F)n2)cc1. The Bertz CT molecular complexity index is 577. The third-order valence-electron chi connectivity index (χ3n) is 2.00. The van der Waals surface area contributed by atoms with Crippen molar-refractivity contribution >= 4 is 5.69 Å². The molecule has 0 bridgehead atoms. The maximum atomic E-state index is 12.2. The van der Waals surface area contributed by atoms with Gasteiger partial charge in [-0.3, -0.25) is 10.1 Å². The molecule has 0 aliphatic carbocycles. The monoisotopic (exact) mass is 259 g/mol. The van der Waals surface area contributed by atoms with Gasteiger partial charge in [-0.2, -0.15) is 18.2 Å². The second-order valence-corrected chi connectivity index (χ2v) is 3.22. The van der Waals surface area contributed by atoms with Gasteiger partial charge in [-0.25, -0.2) is 0 Å². The number of hydrogen-bond acceptors (Lipinski definition) is 5. The van der Waals surface area contributed by atoms with Crippen LogP contribution in [0.1, 0.15) is 5.89 Å². The van der Waals surface area contributed by atoms with Gasteiger partial charge >= 0.3 is 12.1 Å². The van der Waals surface area contributed by atoms with Gasteiger partial charge in [-0.15, -0.1) is 0 Å². The van der Waals surface area contributed by atoms with E-state index < -0.39 is 17.0 Å². The molecule has 0 saturated carbocycles. The Labute approximate surface area is 97.2 Å². The van der Waals surface area contributed by atoms with Crippen LogP contribution in [0, 0.1) is 10.1 Å². The van der Waals surface area contributed by atoms with Crippen molar-refractivity contribution in [3.63, 3.8) is 0 Å². The van der Waals surface area contributed by atoms with E-state index in [9.17, 15) is 23.3 Å². The molecule has 1 aromatic carbocycles. The highest BCUT2D eigenvalue weighted by Crippen LogP contribution is 2.29. The van der Waals surface area contributed by atoms with E-state index in [4.69, 9.17) is 0 Å². The van der Waals surface area contributed by atoms with Crippen LogP contribution in [0.5, 0.6) is 0 Å². The minimum absolute atomic E-state index is 0.182. The van der Waals surface area contributed by atoms with Gasteiger partial charge < -0.3 is 4.52 Å². The number of aromatic nitrogens is 2. The predicted molar refractivity (Wildman–Crippen MR) is 51.4 cm³/mol. The van der Waals surface area contributed by atoms with Gasteiger partial charge in [-0.05, 0) is 12.1 Å². The number of nitro benzene ring substituents is 1. The number of nitro groups is 1. The van der Waals surface area contributed by atoms with Gasteiger partial charge in [0.05, 0.1) is 4.92 Å². The molecule has 2 rings (SSSR count). The Kier molecular flexibility index (Phi) is 2.73. The van der Waals surface area contributed by atoms with E-state index in [2.05, 4.69) is 14.7 Å². The van der Waals surface area contributed by atoms with Crippen molar-refractivity contribution in [1.82, 2.24) is 10.1 Å². The van der Waals surface area contributed by atoms with Gasteiger partial charge in [0.1, 0.15) is 0 Å². The van der Waals surface area contributed by atoms with Crippen LogP contribution in [0.2, 0.25) is 0 Å². The van der Waals surface area contributed by atoms with E-state index in [-0.39, 0.29) is 17.1 Å². The lowest BCUT2D eigenvalue weighted by Crippen LogP contribution is -2.04. The zero-order chi connectivity index (χ0) is 13.3. The lowest BCUT2D eigenvalue weighted by molar-refractivity contribution is -0.384. The third kappa shape index (κ3) is 2.29. The highest BCUT2D eigenvalue weighted by Gasteiger charge is 2.38. The number of rotatable bonds is 2. The number of benzene rings is 1. The summed E-state index contributed by atoms with van der Waals surface area (Å²) < 4.78 is 40.6. The summed E-state index contributed by atoms with van der Waals surface area (Å²) in [5, 5.41) is 13.5. The topological polar surface area (TPSA) is 82.1 Å². The number of halogens is 3. The molecule has 0 spiro atoms. The molecule has 1 heterocycles. The molecule has 0 aliphatic heterocycles. The third-order valence-corrected chi connectivity index (χ3v) is 2.00. The largest absolute Gasteiger partial charge is 0.471 e. The second-order valence-electron chi connectivity index (χ2n) is 3.22. The highest BCUT2D eigenvalue weighted by molar-refractivity contribution is 5.56. The molecule has 18 heavy (non-hydrogen) atoms. The van der Waals surface area contributed by atoms with Gasteiger partial charge in [0.25, 0.3) is 5.69 Å². The number of nitrogens with zero attached hydrogens (tertiary/aromatic N) is 3. The molecule has 1 aromatic heterocycles. The predicted octanol–water partition coefficient (Wildman–Crippen LogP) is 2.66. The van der Waals surface area contributed by atoms with Crippen LogP contribution in [0.4, 0.5) is 18.9 Å². The minimum atomic E-state index is -4.72. The normalized spacial score (nSPS) is 11.5. The first-order valence-electron chi connectivity index (χ1n) is 4.53. The zero-order valence-electron chi connectivity index (χ0n) is 8.51. The van der Waals surface area contributed by atoms with Crippen molar-refractivity contribution < 1.29 is 22.6 Å². The van der Waals surface area contributed by atoms with E-state index in [1.807, 2.05) is 0 Å². The van der Waals surface area contributed by atoms with Crippen molar-refractivity contribution in [2.24, 2.45) is 0 Å². The standard InChI is InChI=1S/C9H4F3N3O3/c10-9(11,12)8-13-7(14-18-8)5-1-3-6(4-2-5)15(16)17/h1-4H. The smallest absolute Gasteiger partial charge is 0.329 e. The highest BCUT2D eigenvalue weighted by atomic mass is 19.4. The average Bonchev–Trinajstić information content (AvgIpc) is 2.78. The summed E-state index contributed by atoms with van der Waals surface area (Å²) in [5.74, 6) is -1.74. The van der Waals surface area contributed by atoms with E-state index in [1.54, 1.807) is 0 Å². The van der Waals surface area contributed by atoms with E-state index in [0.29, 0.717) is 0 Å². The van der Waals surface area contributed by atoms with Crippen molar-refractivity contribution in [2.45, 2.75) is 6.18 Å². The number of non-ortho nitro benzene ring substituents is 1. The van der Waals surface area contributed by atoms with Gasteiger partial charge in [0, 0.05) is 17.7 Å². The van der Waals surface area contributed by atoms with Crippen LogP contribution < -0.4 is 0 Å². The van der Waals surface area contributed by atoms with Crippen molar-refractivity contribution in [2.75, 3.05) is 0 Å². The molecule has 2 aromatic rings. The fraction of sp³-hybridized carbons (Fsp3) is 0.111. The summed E-state index contributed by atoms with van der Waals surface area (Å²) in [6.45, 7) is 0. The van der Waals surface area contributed by atoms with Crippen molar-refractivity contribution in [3.8, 4) is 11.4 Å². The molecule has 0 N–H and O–H groups in total. The van der Waals surface area contributed by atoms with Crippen LogP contribution in [-0.4, -0.2) is 15.1 Å². The minimum Gasteiger partial charge on any atom is -0.329 e. The summed E-state index contributed by atoms with van der Waals surface area (Å²) in [4.78, 5) is 12.9. The summed E-state index contributed by atoms with van der Waals surface area (Å²) in [6, 6.07) is 4.75. The first-order chi connectivity index (χ1) is 8.38. The molecular formula is C9H4F3N3O3. The zero-order valence-corrected chi connectivity index (χ0v) is 8.51. The molecule has 0 unspecified atom stereocenters. The van der Waals surface area contributed by atoms with Gasteiger partial charge in [-0.1, -0.05) is 5.16 Å². The average molecular weight is 259 g/mol. The fourth-order valence-corrected chi connectivity index (χ4v) is 1.19. The van der Waals surface area contributed by atoms with Gasteiger partial charge in [0.15, 0.2) is 0 Å². The molecule has 0 fully saturated rings. The Morgan fingerprint density at radius 1 is 1.22 bits per heavy atom. The summed E-state index contributed by atoms with van der Waals surface area (Å²) in [6.07, 6.45) is -4.72. The van der Waals surface area contributed by atoms with Gasteiger partial charge in [0.2, 0.25) is 5.82 Å². The van der Waals surface area contributed by atoms with Crippen LogP contribution in [-0.2, 0) is 6.18 Å². The van der Waals surface area contributed by atoms with E-state index in [1.165, 1.54) is 12.1 Å². The summed E-state index contributed by atoms with van der Waals surface area (Å²) >= 11 is 0. The molecule has 9 heteroatoms. The molecule has 0 radical (unpaired) electrons. The van der Waals surface area contributed by atoms with Crippen LogP contribution in [0.15, 0.2) is 28.8 Å². The number of hydrogen-bond donors (Lipinski definition) is 0. The Balaban J connectivity index is 2.32. The molecular weight excluding hydrogens is 255 g/mol. The lowest BCUT2D eigenvalue weighted by atomic mass is 10.2. The Hall–Kier alpha value is -2.45. The molecule has 0 saturated heterocycles. The first-order valence-corrected chi connectivity index (χ1v) is 4.53. The van der Waals surface area contributed by atoms with Crippen molar-refractivity contribution in [3.05, 3.63) is 40.3 Å². The summed E-state index contributed by atoms with van der Waals surface area (Å²) in [5.41, 5.74) is 0.0122. The Morgan fingerprint density at radius 3 is 2.28 bits per heavy atom. The van der Waals surface area contributed by atoms with E-state index >= 15 is 0 Å². The van der Waals surface area contributed by atoms with E-state index in [0.717, 1.165) is 12.1 Å². The maximum Gasteiger partial charge on any atom is 0.471 e. The maximum absolute atomic E-state index is 12.2. The molecule has 0 aliphatic rings. The fourth-order valence-electron chi connectivity index (χ4n) is 1.19. The molecule has 94 valence electrons. The lowest BCUT2D eigenvalue weighted by Gasteiger charge is -1.96. The molecule has 0 amide bonds. The van der Waals surface area contributed by atoms with Crippen molar-refractivity contribution in [1.29, 1.82) is 0 Å². The molecule has 0 atom stereocenters. The van der Waals surface area contributed by atoms with Crippen LogP contribution >= 0.6 is 0 Å². The second kappa shape index (κ2) is 4.09. The van der Waals surface area contributed by atoms with Crippen LogP contribution in [0.25, 0.3) is 11.4 Å². The Morgan fingerprint density at radius 2 is 1.83 bits per heavy atom. The molecule has 6 nitrogen and oxygen atoms in total. The quantitative estimate of drug-likeness (QED) is 0.611. The summed E-state index contributed by atoms with van der Waals surface area (Å²) in [7, 11) is 0. The number of alkyl halides is 3.